The summed E-state index contributed by atoms with van der Waals surface area (Å²) in [5, 5.41) is 0. The summed E-state index contributed by atoms with van der Waals surface area (Å²) >= 11 is 0. The minimum atomic E-state index is -4.01. The van der Waals surface area contributed by atoms with Crippen molar-refractivity contribution in [1.29, 1.82) is 0 Å². The van der Waals surface area contributed by atoms with Gasteiger partial charge in [-0.25, -0.2) is 0 Å². The summed E-state index contributed by atoms with van der Waals surface area (Å²) < 4.78 is 37.7. The lowest BCUT2D eigenvalue weighted by molar-refractivity contribution is -0.180. The molecular formula is C12H23F3. The topological polar surface area (TPSA) is 0 Å². The van der Waals surface area contributed by atoms with E-state index < -0.39 is 12.1 Å². The third-order valence-electron chi connectivity index (χ3n) is 2.96. The van der Waals surface area contributed by atoms with Crippen LogP contribution >= 0.6 is 0 Å². The molecule has 2 unspecified atom stereocenters. The average Bonchev–Trinajstić information content (AvgIpc) is 2.09. The van der Waals surface area contributed by atoms with Gasteiger partial charge in [0.25, 0.3) is 0 Å². The molecule has 0 saturated carbocycles. The van der Waals surface area contributed by atoms with Crippen LogP contribution in [0.25, 0.3) is 0 Å². The van der Waals surface area contributed by atoms with E-state index in [9.17, 15) is 13.2 Å². The smallest absolute Gasteiger partial charge is 0.171 e. The van der Waals surface area contributed by atoms with Gasteiger partial charge in [-0.15, -0.1) is 0 Å². The molecule has 0 aromatic heterocycles. The molecule has 92 valence electrons. The van der Waals surface area contributed by atoms with Crippen molar-refractivity contribution in [3.05, 3.63) is 0 Å². The first-order valence-corrected chi connectivity index (χ1v) is 5.87. The Labute approximate surface area is 91.3 Å². The van der Waals surface area contributed by atoms with Gasteiger partial charge in [0.05, 0.1) is 5.92 Å². The molecule has 0 aromatic rings. The second kappa shape index (κ2) is 6.39. The Balaban J connectivity index is 4.25. The van der Waals surface area contributed by atoms with Crippen molar-refractivity contribution in [3.8, 4) is 0 Å². The lowest BCUT2D eigenvalue weighted by Gasteiger charge is -2.25. The van der Waals surface area contributed by atoms with Crippen LogP contribution in [-0.4, -0.2) is 6.18 Å². The molecule has 0 aromatic carbocycles. The molecule has 0 heterocycles. The summed E-state index contributed by atoms with van der Waals surface area (Å²) in [6.07, 6.45) is -1.75. The van der Waals surface area contributed by atoms with Gasteiger partial charge in [0, 0.05) is 0 Å². The summed E-state index contributed by atoms with van der Waals surface area (Å²) in [6, 6.07) is 0. The van der Waals surface area contributed by atoms with Crippen LogP contribution in [0.4, 0.5) is 13.2 Å². The Morgan fingerprint density at radius 2 is 1.47 bits per heavy atom. The van der Waals surface area contributed by atoms with Crippen molar-refractivity contribution in [3.63, 3.8) is 0 Å². The van der Waals surface area contributed by atoms with Crippen molar-refractivity contribution in [1.82, 2.24) is 0 Å². The second-order valence-electron chi connectivity index (χ2n) is 4.79. The normalized spacial score (nSPS) is 16.8. The minimum Gasteiger partial charge on any atom is -0.171 e. The van der Waals surface area contributed by atoms with E-state index in [0.717, 1.165) is 12.8 Å². The van der Waals surface area contributed by atoms with Gasteiger partial charge in [0.15, 0.2) is 0 Å². The minimum absolute atomic E-state index is 0.206. The molecule has 0 nitrogen and oxygen atoms in total. The predicted octanol–water partition coefficient (Wildman–Crippen LogP) is 5.04. The zero-order valence-corrected chi connectivity index (χ0v) is 10.2. The fourth-order valence-electron chi connectivity index (χ4n) is 2.03. The monoisotopic (exact) mass is 224 g/mol. The van der Waals surface area contributed by atoms with Crippen molar-refractivity contribution < 1.29 is 13.2 Å². The zero-order valence-electron chi connectivity index (χ0n) is 10.2. The molecule has 3 heteroatoms. The van der Waals surface area contributed by atoms with E-state index in [-0.39, 0.29) is 12.3 Å². The Hall–Kier alpha value is -0.210. The summed E-state index contributed by atoms with van der Waals surface area (Å²) in [5.74, 6) is -0.404. The first-order valence-electron chi connectivity index (χ1n) is 5.87. The fraction of sp³-hybridized carbons (Fsp3) is 1.00. The van der Waals surface area contributed by atoms with Crippen molar-refractivity contribution in [2.45, 2.75) is 59.6 Å². The Morgan fingerprint density at radius 1 is 0.933 bits per heavy atom. The summed E-state index contributed by atoms with van der Waals surface area (Å²) in [7, 11) is 0. The number of alkyl halides is 3. The molecule has 0 aliphatic carbocycles. The maximum Gasteiger partial charge on any atom is 0.391 e. The highest BCUT2D eigenvalue weighted by Crippen LogP contribution is 2.35. The highest BCUT2D eigenvalue weighted by molar-refractivity contribution is 4.71. The van der Waals surface area contributed by atoms with E-state index in [1.165, 1.54) is 0 Å². The van der Waals surface area contributed by atoms with Crippen LogP contribution < -0.4 is 0 Å². The molecular weight excluding hydrogens is 201 g/mol. The van der Waals surface area contributed by atoms with Crippen LogP contribution in [0.5, 0.6) is 0 Å². The third kappa shape index (κ3) is 6.06. The van der Waals surface area contributed by atoms with E-state index in [1.807, 2.05) is 6.92 Å². The predicted molar refractivity (Wildman–Crippen MR) is 57.7 cm³/mol. The van der Waals surface area contributed by atoms with Crippen LogP contribution in [0, 0.1) is 17.8 Å². The highest BCUT2D eigenvalue weighted by atomic mass is 19.4. The summed E-state index contributed by atoms with van der Waals surface area (Å²) in [4.78, 5) is 0. The van der Waals surface area contributed by atoms with Crippen LogP contribution in [0.2, 0.25) is 0 Å². The number of rotatable bonds is 6. The van der Waals surface area contributed by atoms with Crippen molar-refractivity contribution in [2.75, 3.05) is 0 Å². The summed E-state index contributed by atoms with van der Waals surface area (Å²) in [6.45, 7) is 7.74. The van der Waals surface area contributed by atoms with Crippen molar-refractivity contribution in [2.24, 2.45) is 17.8 Å². The third-order valence-corrected chi connectivity index (χ3v) is 2.96. The largest absolute Gasteiger partial charge is 0.391 e. The van der Waals surface area contributed by atoms with Gasteiger partial charge in [0.2, 0.25) is 0 Å². The standard InChI is InChI=1S/C12H23F3/c1-5-10(7-9(3)4)8-11(6-2)12(13,14)15/h9-11H,5-8H2,1-4H3. The van der Waals surface area contributed by atoms with E-state index in [2.05, 4.69) is 13.8 Å². The van der Waals surface area contributed by atoms with Gasteiger partial charge in [-0.2, -0.15) is 13.2 Å². The molecule has 0 amide bonds. The van der Waals surface area contributed by atoms with E-state index >= 15 is 0 Å². The van der Waals surface area contributed by atoms with E-state index in [1.54, 1.807) is 6.92 Å². The van der Waals surface area contributed by atoms with Crippen LogP contribution in [0.3, 0.4) is 0 Å². The highest BCUT2D eigenvalue weighted by Gasteiger charge is 2.38. The molecule has 0 fully saturated rings. The lowest BCUT2D eigenvalue weighted by atomic mass is 9.85. The molecule has 0 bridgehead atoms. The Bertz CT molecular complexity index is 161. The van der Waals surface area contributed by atoms with Gasteiger partial charge in [-0.1, -0.05) is 34.1 Å². The van der Waals surface area contributed by atoms with Gasteiger partial charge in [0.1, 0.15) is 0 Å². The Morgan fingerprint density at radius 3 is 1.73 bits per heavy atom. The maximum absolute atomic E-state index is 12.6. The lowest BCUT2D eigenvalue weighted by Crippen LogP contribution is -2.25. The van der Waals surface area contributed by atoms with Crippen molar-refractivity contribution >= 4 is 0 Å². The van der Waals surface area contributed by atoms with Crippen LogP contribution in [0.1, 0.15) is 53.4 Å². The molecule has 0 radical (unpaired) electrons. The Kier molecular flexibility index (Phi) is 6.30. The molecule has 0 rings (SSSR count). The molecule has 2 atom stereocenters. The molecule has 0 N–H and O–H groups in total. The zero-order chi connectivity index (χ0) is 12.1. The number of hydrogen-bond acceptors (Lipinski definition) is 0. The molecule has 0 aliphatic heterocycles. The number of halogens is 3. The molecule has 0 aliphatic rings. The first kappa shape index (κ1) is 14.8. The molecule has 0 spiro atoms. The van der Waals surface area contributed by atoms with Crippen LogP contribution in [-0.2, 0) is 0 Å². The second-order valence-corrected chi connectivity index (χ2v) is 4.79. The van der Waals surface area contributed by atoms with Gasteiger partial charge < -0.3 is 0 Å². The maximum atomic E-state index is 12.6. The molecule has 15 heavy (non-hydrogen) atoms. The van der Waals surface area contributed by atoms with Gasteiger partial charge >= 0.3 is 6.18 Å². The quantitative estimate of drug-likeness (QED) is 0.593. The average molecular weight is 224 g/mol. The summed E-state index contributed by atoms with van der Waals surface area (Å²) in [5.41, 5.74) is 0. The van der Waals surface area contributed by atoms with Gasteiger partial charge in [-0.05, 0) is 31.1 Å². The first-order chi connectivity index (χ1) is 6.81. The van der Waals surface area contributed by atoms with Crippen LogP contribution in [0.15, 0.2) is 0 Å². The SMILES string of the molecule is CCC(CC(C)C)CC(CC)C(F)(F)F. The van der Waals surface area contributed by atoms with Gasteiger partial charge in [-0.3, -0.25) is 0 Å². The molecule has 0 saturated heterocycles. The number of hydrogen-bond donors (Lipinski definition) is 0. The van der Waals surface area contributed by atoms with E-state index in [4.69, 9.17) is 0 Å². The fourth-order valence-corrected chi connectivity index (χ4v) is 2.03. The van der Waals surface area contributed by atoms with E-state index in [0.29, 0.717) is 12.3 Å².